The highest BCUT2D eigenvalue weighted by Gasteiger charge is 2.28. The van der Waals surface area contributed by atoms with Crippen molar-refractivity contribution in [2.45, 2.75) is 24.8 Å². The van der Waals surface area contributed by atoms with Crippen LogP contribution in [-0.4, -0.2) is 28.0 Å². The van der Waals surface area contributed by atoms with E-state index in [0.29, 0.717) is 24.4 Å². The van der Waals surface area contributed by atoms with Crippen molar-refractivity contribution < 1.29 is 17.9 Å². The number of nitrogens with one attached hydrogen (secondary N) is 1. The molecule has 3 aromatic rings. The number of methoxy groups -OCH3 is 1. The van der Waals surface area contributed by atoms with Crippen LogP contribution in [0.25, 0.3) is 0 Å². The Kier molecular flexibility index (Phi) is 7.44. The molecule has 0 fully saturated rings. The van der Waals surface area contributed by atoms with E-state index in [1.54, 1.807) is 49.6 Å². The molecule has 3 rings (SSSR count). The molecule has 1 amide bonds. The molecule has 0 heterocycles. The second-order valence-electron chi connectivity index (χ2n) is 6.99. The number of hydrogen-bond acceptors (Lipinski definition) is 4. The molecule has 0 radical (unpaired) electrons. The average Bonchev–Trinajstić information content (AvgIpc) is 2.78. The van der Waals surface area contributed by atoms with Crippen molar-refractivity contribution in [3.05, 3.63) is 90.0 Å². The lowest BCUT2D eigenvalue weighted by molar-refractivity contribution is -0.114. The van der Waals surface area contributed by atoms with Crippen LogP contribution in [0, 0.1) is 0 Å². The molecule has 31 heavy (non-hydrogen) atoms. The first-order valence-electron chi connectivity index (χ1n) is 9.99. The van der Waals surface area contributed by atoms with Crippen molar-refractivity contribution >= 4 is 27.3 Å². The molecular weight excluding hydrogens is 412 g/mol. The fourth-order valence-corrected chi connectivity index (χ4v) is 4.79. The van der Waals surface area contributed by atoms with E-state index in [1.165, 1.54) is 16.4 Å². The fourth-order valence-electron chi connectivity index (χ4n) is 3.31. The summed E-state index contributed by atoms with van der Waals surface area (Å²) >= 11 is 0. The Hall–Kier alpha value is -3.16. The highest BCUT2D eigenvalue weighted by Crippen LogP contribution is 2.27. The Morgan fingerprint density at radius 1 is 0.968 bits per heavy atom. The van der Waals surface area contributed by atoms with Crippen LogP contribution in [0.1, 0.15) is 18.1 Å². The van der Waals surface area contributed by atoms with Gasteiger partial charge in [0.1, 0.15) is 6.54 Å². The first-order chi connectivity index (χ1) is 15.0. The molecule has 0 spiro atoms. The number of hydrogen-bond donors (Lipinski definition) is 1. The molecule has 0 bridgehead atoms. The lowest BCUT2D eigenvalue weighted by Gasteiger charge is -2.26. The van der Waals surface area contributed by atoms with Gasteiger partial charge in [0, 0.05) is 12.8 Å². The molecule has 6 nitrogen and oxygen atoms in total. The van der Waals surface area contributed by atoms with Gasteiger partial charge in [-0.3, -0.25) is 9.10 Å². The number of aryl methyl sites for hydroxylation is 1. The van der Waals surface area contributed by atoms with E-state index in [9.17, 15) is 13.2 Å². The zero-order chi connectivity index (χ0) is 22.3. The number of amides is 1. The Labute approximate surface area is 183 Å². The number of rotatable bonds is 9. The highest BCUT2D eigenvalue weighted by molar-refractivity contribution is 7.92. The van der Waals surface area contributed by atoms with Crippen LogP contribution in [-0.2, 0) is 32.6 Å². The molecule has 1 N–H and O–H groups in total. The molecule has 3 aromatic carbocycles. The molecule has 7 heteroatoms. The van der Waals surface area contributed by atoms with Gasteiger partial charge in [0.15, 0.2) is 0 Å². The van der Waals surface area contributed by atoms with E-state index < -0.39 is 15.9 Å². The number of para-hydroxylation sites is 1. The van der Waals surface area contributed by atoms with Gasteiger partial charge in [-0.2, -0.15) is 0 Å². The smallest absolute Gasteiger partial charge is 0.264 e. The standard InChI is InChI=1S/C24H26N2O4S/c1-3-20-11-7-8-15-23(20)26(31(28,29)22-13-5-4-6-14-22)17-24(27)25-21-12-9-10-19(16-21)18-30-2/h4-16H,3,17-18H2,1-2H3,(H,25,27). The number of carbonyl (C=O) groups excluding carboxylic acids is 1. The molecule has 0 unspecified atom stereocenters. The molecule has 0 aliphatic rings. The summed E-state index contributed by atoms with van der Waals surface area (Å²) in [5, 5.41) is 2.80. The number of benzene rings is 3. The number of carbonyl (C=O) groups is 1. The van der Waals surface area contributed by atoms with Gasteiger partial charge in [-0.25, -0.2) is 8.42 Å². The van der Waals surface area contributed by atoms with Crippen LogP contribution >= 0.6 is 0 Å². The lowest BCUT2D eigenvalue weighted by atomic mass is 10.1. The molecule has 162 valence electrons. The Bertz CT molecular complexity index is 1130. The molecule has 0 aliphatic carbocycles. The maximum Gasteiger partial charge on any atom is 0.264 e. The summed E-state index contributed by atoms with van der Waals surface area (Å²) in [6.45, 7) is 2.03. The van der Waals surface area contributed by atoms with Crippen LogP contribution in [0.15, 0.2) is 83.8 Å². The van der Waals surface area contributed by atoms with Gasteiger partial charge in [0.05, 0.1) is 17.2 Å². The van der Waals surface area contributed by atoms with Crippen LogP contribution < -0.4 is 9.62 Å². The number of ether oxygens (including phenoxy) is 1. The first kappa shape index (κ1) is 22.5. The molecule has 0 saturated carbocycles. The zero-order valence-corrected chi connectivity index (χ0v) is 18.4. The molecule has 0 saturated heterocycles. The SMILES string of the molecule is CCc1ccccc1N(CC(=O)Nc1cccc(COC)c1)S(=O)(=O)c1ccccc1. The number of sulfonamides is 1. The van der Waals surface area contributed by atoms with Crippen molar-refractivity contribution in [1.82, 2.24) is 0 Å². The summed E-state index contributed by atoms with van der Waals surface area (Å²) in [6.07, 6.45) is 0.637. The van der Waals surface area contributed by atoms with Gasteiger partial charge in [0.2, 0.25) is 5.91 Å². The number of nitrogens with zero attached hydrogens (tertiary/aromatic N) is 1. The minimum atomic E-state index is -3.94. The van der Waals surface area contributed by atoms with E-state index in [1.807, 2.05) is 31.2 Å². The van der Waals surface area contributed by atoms with E-state index in [0.717, 1.165) is 11.1 Å². The van der Waals surface area contributed by atoms with Gasteiger partial charge < -0.3 is 10.1 Å². The third kappa shape index (κ3) is 5.51. The first-order valence-corrected chi connectivity index (χ1v) is 11.4. The quantitative estimate of drug-likeness (QED) is 0.542. The van der Waals surface area contributed by atoms with Crippen molar-refractivity contribution in [3.8, 4) is 0 Å². The van der Waals surface area contributed by atoms with E-state index >= 15 is 0 Å². The molecular formula is C24H26N2O4S. The average molecular weight is 439 g/mol. The second kappa shape index (κ2) is 10.2. The van der Waals surface area contributed by atoms with Gasteiger partial charge in [-0.1, -0.05) is 55.5 Å². The van der Waals surface area contributed by atoms with E-state index in [2.05, 4.69) is 5.32 Å². The summed E-state index contributed by atoms with van der Waals surface area (Å²) in [6, 6.07) is 22.6. The van der Waals surface area contributed by atoms with Crippen molar-refractivity contribution in [3.63, 3.8) is 0 Å². The lowest BCUT2D eigenvalue weighted by Crippen LogP contribution is -2.38. The largest absolute Gasteiger partial charge is 0.380 e. The second-order valence-corrected chi connectivity index (χ2v) is 8.85. The van der Waals surface area contributed by atoms with Crippen LogP contribution in [0.2, 0.25) is 0 Å². The predicted octanol–water partition coefficient (Wildman–Crippen LogP) is 4.23. The van der Waals surface area contributed by atoms with E-state index in [4.69, 9.17) is 4.74 Å². The third-order valence-corrected chi connectivity index (χ3v) is 6.56. The van der Waals surface area contributed by atoms with Gasteiger partial charge in [0.25, 0.3) is 10.0 Å². The van der Waals surface area contributed by atoms with Gasteiger partial charge in [-0.05, 0) is 47.9 Å². The van der Waals surface area contributed by atoms with Gasteiger partial charge >= 0.3 is 0 Å². The highest BCUT2D eigenvalue weighted by atomic mass is 32.2. The fraction of sp³-hybridized carbons (Fsp3) is 0.208. The normalized spacial score (nSPS) is 11.2. The van der Waals surface area contributed by atoms with Crippen LogP contribution in [0.4, 0.5) is 11.4 Å². The maximum atomic E-state index is 13.5. The predicted molar refractivity (Wildman–Crippen MR) is 123 cm³/mol. The Morgan fingerprint density at radius 3 is 2.39 bits per heavy atom. The minimum absolute atomic E-state index is 0.135. The molecule has 0 aromatic heterocycles. The monoisotopic (exact) mass is 438 g/mol. The molecule has 0 aliphatic heterocycles. The van der Waals surface area contributed by atoms with Crippen LogP contribution in [0.3, 0.4) is 0 Å². The summed E-state index contributed by atoms with van der Waals surface area (Å²) in [4.78, 5) is 13.0. The summed E-state index contributed by atoms with van der Waals surface area (Å²) in [7, 11) is -2.34. The number of anilines is 2. The Morgan fingerprint density at radius 2 is 1.68 bits per heavy atom. The van der Waals surface area contributed by atoms with Gasteiger partial charge in [-0.15, -0.1) is 0 Å². The van der Waals surface area contributed by atoms with Crippen molar-refractivity contribution in [2.24, 2.45) is 0 Å². The van der Waals surface area contributed by atoms with Crippen molar-refractivity contribution in [2.75, 3.05) is 23.3 Å². The molecule has 0 atom stereocenters. The van der Waals surface area contributed by atoms with E-state index in [-0.39, 0.29) is 11.4 Å². The van der Waals surface area contributed by atoms with Crippen molar-refractivity contribution in [1.29, 1.82) is 0 Å². The zero-order valence-electron chi connectivity index (χ0n) is 17.6. The Balaban J connectivity index is 1.94. The summed E-state index contributed by atoms with van der Waals surface area (Å²) in [5.74, 6) is -0.431. The van der Waals surface area contributed by atoms with Crippen LogP contribution in [0.5, 0.6) is 0 Å². The minimum Gasteiger partial charge on any atom is -0.380 e. The summed E-state index contributed by atoms with van der Waals surface area (Å²) in [5.41, 5.74) is 2.83. The summed E-state index contributed by atoms with van der Waals surface area (Å²) < 4.78 is 33.2. The maximum absolute atomic E-state index is 13.5. The third-order valence-electron chi connectivity index (χ3n) is 4.78. The topological polar surface area (TPSA) is 75.7 Å².